The molecule has 2 atom stereocenters. The highest BCUT2D eigenvalue weighted by Gasteiger charge is 2.47. The van der Waals surface area contributed by atoms with Crippen LogP contribution in [0.4, 0.5) is 18.9 Å². The summed E-state index contributed by atoms with van der Waals surface area (Å²) in [5.74, 6) is -0.965. The first-order valence-corrected chi connectivity index (χ1v) is 5.63. The molecular weight excluding hydrogens is 259 g/mol. The Morgan fingerprint density at radius 2 is 2.21 bits per heavy atom. The molecule has 0 saturated heterocycles. The summed E-state index contributed by atoms with van der Waals surface area (Å²) in [6, 6.07) is 3.17. The van der Waals surface area contributed by atoms with Crippen LogP contribution in [0.15, 0.2) is 23.2 Å². The zero-order valence-corrected chi connectivity index (χ0v) is 10.2. The van der Waals surface area contributed by atoms with Gasteiger partial charge in [0.25, 0.3) is 6.43 Å². The van der Waals surface area contributed by atoms with Crippen molar-refractivity contribution in [1.82, 2.24) is 0 Å². The van der Waals surface area contributed by atoms with E-state index >= 15 is 0 Å². The Morgan fingerprint density at radius 1 is 1.53 bits per heavy atom. The number of aliphatic imine (C=N–C) groups is 1. The molecule has 0 unspecified atom stereocenters. The molecule has 0 amide bonds. The molecule has 19 heavy (non-hydrogen) atoms. The minimum absolute atomic E-state index is 0.0798. The van der Waals surface area contributed by atoms with Gasteiger partial charge in [0.2, 0.25) is 0 Å². The van der Waals surface area contributed by atoms with Crippen molar-refractivity contribution in [2.24, 2.45) is 10.7 Å². The minimum Gasteiger partial charge on any atom is -0.699 e. The zero-order valence-electron chi connectivity index (χ0n) is 10.2. The maximum Gasteiger partial charge on any atom is 0.269 e. The van der Waals surface area contributed by atoms with Crippen molar-refractivity contribution in [2.75, 3.05) is 6.61 Å². The zero-order chi connectivity index (χ0) is 14.2. The third-order valence-electron chi connectivity index (χ3n) is 3.09. The van der Waals surface area contributed by atoms with Crippen LogP contribution in [-0.2, 0) is 10.3 Å². The van der Waals surface area contributed by atoms with Gasteiger partial charge in [-0.1, -0.05) is 12.1 Å². The summed E-state index contributed by atoms with van der Waals surface area (Å²) in [5.41, 5.74) is 10.3. The third kappa shape index (κ3) is 2.25. The molecule has 0 bridgehead atoms. The van der Waals surface area contributed by atoms with Crippen LogP contribution in [0.25, 0.3) is 5.73 Å². The average molecular weight is 272 g/mol. The predicted octanol–water partition coefficient (Wildman–Crippen LogP) is 2.75. The van der Waals surface area contributed by atoms with Crippen LogP contribution in [0.2, 0.25) is 0 Å². The van der Waals surface area contributed by atoms with Crippen molar-refractivity contribution >= 4 is 11.5 Å². The molecule has 1 aromatic carbocycles. The predicted molar refractivity (Wildman–Crippen MR) is 65.1 cm³/mol. The molecule has 0 saturated carbocycles. The lowest BCUT2D eigenvalue weighted by molar-refractivity contribution is -0.0340. The van der Waals surface area contributed by atoms with E-state index in [2.05, 4.69) is 4.99 Å². The highest BCUT2D eigenvalue weighted by atomic mass is 19.3. The number of amidine groups is 1. The van der Waals surface area contributed by atoms with Crippen LogP contribution < -0.4 is 5.73 Å². The third-order valence-corrected chi connectivity index (χ3v) is 3.09. The first kappa shape index (κ1) is 13.7. The van der Waals surface area contributed by atoms with Gasteiger partial charge in [-0.25, -0.2) is 13.2 Å². The van der Waals surface area contributed by atoms with Crippen molar-refractivity contribution in [3.05, 3.63) is 35.3 Å². The monoisotopic (exact) mass is 272 g/mol. The lowest BCUT2D eigenvalue weighted by Crippen LogP contribution is -2.48. The summed E-state index contributed by atoms with van der Waals surface area (Å²) in [5, 5.41) is 0. The van der Waals surface area contributed by atoms with Gasteiger partial charge in [-0.05, 0) is 13.0 Å². The van der Waals surface area contributed by atoms with Crippen LogP contribution in [0.3, 0.4) is 0 Å². The molecule has 1 aliphatic rings. The molecule has 0 aromatic heterocycles. The van der Waals surface area contributed by atoms with E-state index in [1.807, 2.05) is 0 Å². The first-order chi connectivity index (χ1) is 8.86. The number of ether oxygens (including phenoxy) is 1. The van der Waals surface area contributed by atoms with Gasteiger partial charge in [-0.15, -0.1) is 5.69 Å². The molecule has 0 radical (unpaired) electrons. The van der Waals surface area contributed by atoms with Gasteiger partial charge in [0.05, 0.1) is 6.61 Å². The number of hydrogen-bond acceptors (Lipinski definition) is 3. The van der Waals surface area contributed by atoms with E-state index in [1.54, 1.807) is 6.92 Å². The van der Waals surface area contributed by atoms with E-state index in [-0.39, 0.29) is 17.1 Å². The van der Waals surface area contributed by atoms with Gasteiger partial charge in [0.1, 0.15) is 17.8 Å². The Morgan fingerprint density at radius 3 is 2.79 bits per heavy atom. The average Bonchev–Trinajstić information content (AvgIpc) is 2.35. The molecule has 2 rings (SSSR count). The molecule has 1 aromatic rings. The Hall–Kier alpha value is -1.76. The van der Waals surface area contributed by atoms with Gasteiger partial charge >= 0.3 is 0 Å². The van der Waals surface area contributed by atoms with E-state index in [0.717, 1.165) is 12.1 Å². The van der Waals surface area contributed by atoms with Crippen molar-refractivity contribution in [3.63, 3.8) is 0 Å². The van der Waals surface area contributed by atoms with Crippen LogP contribution >= 0.6 is 0 Å². The van der Waals surface area contributed by atoms with Gasteiger partial charge in [0, 0.05) is 5.56 Å². The summed E-state index contributed by atoms with van der Waals surface area (Å²) in [4.78, 5) is 3.76. The topological polar surface area (TPSA) is 71.4 Å². The molecule has 104 valence electrons. The van der Waals surface area contributed by atoms with E-state index in [4.69, 9.17) is 16.2 Å². The van der Waals surface area contributed by atoms with Crippen LogP contribution in [0, 0.1) is 5.82 Å². The number of hydrogen-bond donors (Lipinski definition) is 1. The maximum absolute atomic E-state index is 13.8. The molecule has 7 heteroatoms. The number of nitrogens with one attached hydrogen (secondary N) is 1. The van der Waals surface area contributed by atoms with Gasteiger partial charge < -0.3 is 16.2 Å². The summed E-state index contributed by atoms with van der Waals surface area (Å²) < 4.78 is 45.8. The maximum atomic E-state index is 13.8. The highest BCUT2D eigenvalue weighted by Crippen LogP contribution is 2.38. The fourth-order valence-electron chi connectivity index (χ4n) is 1.92. The van der Waals surface area contributed by atoms with Crippen molar-refractivity contribution in [3.8, 4) is 0 Å². The molecule has 1 aliphatic heterocycles. The summed E-state index contributed by atoms with van der Waals surface area (Å²) in [6.07, 6.45) is -3.58. The Labute approximate surface area is 108 Å². The fraction of sp³-hybridized carbons (Fsp3) is 0.417. The molecule has 0 aliphatic carbocycles. The number of benzene rings is 1. The van der Waals surface area contributed by atoms with Crippen molar-refractivity contribution in [1.29, 1.82) is 0 Å². The molecule has 3 N–H and O–H groups in total. The van der Waals surface area contributed by atoms with Crippen molar-refractivity contribution < 1.29 is 17.9 Å². The van der Waals surface area contributed by atoms with E-state index in [1.165, 1.54) is 6.07 Å². The summed E-state index contributed by atoms with van der Waals surface area (Å²) in [7, 11) is 0. The number of nitrogens with zero attached hydrogens (tertiary/aromatic N) is 1. The van der Waals surface area contributed by atoms with Crippen LogP contribution in [0.5, 0.6) is 0 Å². The van der Waals surface area contributed by atoms with Crippen molar-refractivity contribution in [2.45, 2.75) is 25.0 Å². The Kier molecular flexibility index (Phi) is 3.40. The van der Waals surface area contributed by atoms with E-state index in [0.29, 0.717) is 0 Å². The van der Waals surface area contributed by atoms with E-state index in [9.17, 15) is 13.2 Å². The molecule has 0 spiro atoms. The normalized spacial score (nSPS) is 27.4. The number of nitrogens with two attached hydrogens (primary N) is 1. The van der Waals surface area contributed by atoms with Crippen LogP contribution in [0.1, 0.15) is 12.5 Å². The van der Waals surface area contributed by atoms with E-state index < -0.39 is 30.5 Å². The SMILES string of the molecule is C[C@H]1OC[C@](c2cc([NH-])ccc2F)(C(F)F)N=C1N. The molecule has 4 nitrogen and oxygen atoms in total. The lowest BCUT2D eigenvalue weighted by atomic mass is 9.89. The first-order valence-electron chi connectivity index (χ1n) is 5.63. The number of halogens is 3. The minimum atomic E-state index is -2.99. The fourth-order valence-corrected chi connectivity index (χ4v) is 1.92. The van der Waals surface area contributed by atoms with Gasteiger partial charge in [-0.2, -0.15) is 0 Å². The lowest BCUT2D eigenvalue weighted by Gasteiger charge is -2.36. The van der Waals surface area contributed by atoms with Gasteiger partial charge in [0.15, 0.2) is 5.54 Å². The number of alkyl halides is 2. The molecule has 0 fully saturated rings. The Balaban J connectivity index is 2.61. The second kappa shape index (κ2) is 4.73. The van der Waals surface area contributed by atoms with Crippen LogP contribution in [-0.4, -0.2) is 25.0 Å². The Bertz CT molecular complexity index is 521. The largest absolute Gasteiger partial charge is 0.699 e. The highest BCUT2D eigenvalue weighted by molar-refractivity contribution is 5.85. The standard InChI is InChI=1S/C12H13F3N3O/c1-6-10(17)18-12(5-19-6,11(14)15)8-4-7(16)2-3-9(8)13/h2-4,6,11,16H,5H2,1H3,(H2,17,18)/q-1/t6-,12+/m1/s1. The smallest absolute Gasteiger partial charge is 0.269 e. The summed E-state index contributed by atoms with van der Waals surface area (Å²) in [6.45, 7) is 1.10. The molecule has 1 heterocycles. The number of rotatable bonds is 2. The summed E-state index contributed by atoms with van der Waals surface area (Å²) >= 11 is 0. The van der Waals surface area contributed by atoms with Gasteiger partial charge in [-0.3, -0.25) is 4.99 Å². The second-order valence-corrected chi connectivity index (χ2v) is 4.41. The molecular formula is C12H13F3N3O-. The second-order valence-electron chi connectivity index (χ2n) is 4.41. The quantitative estimate of drug-likeness (QED) is 0.899.